The predicted octanol–water partition coefficient (Wildman–Crippen LogP) is 5.50. The number of ether oxygens (including phenoxy) is 2. The number of carbonyl (C=O) groups excluding carboxylic acids is 2. The molecule has 0 heterocycles. The molecule has 0 bridgehead atoms. The van der Waals surface area contributed by atoms with E-state index in [0.717, 1.165) is 15.4 Å². The molecule has 9 nitrogen and oxygen atoms in total. The lowest BCUT2D eigenvalue weighted by atomic mass is 10.1. The van der Waals surface area contributed by atoms with Gasteiger partial charge in [0.25, 0.3) is 10.0 Å². The van der Waals surface area contributed by atoms with E-state index in [1.165, 1.54) is 37.3 Å². The van der Waals surface area contributed by atoms with Crippen LogP contribution in [0.2, 0.25) is 5.02 Å². The summed E-state index contributed by atoms with van der Waals surface area (Å²) in [5.41, 5.74) is 2.59. The van der Waals surface area contributed by atoms with E-state index in [-0.39, 0.29) is 29.1 Å². The fourth-order valence-electron chi connectivity index (χ4n) is 4.59. The zero-order chi connectivity index (χ0) is 31.9. The van der Waals surface area contributed by atoms with Gasteiger partial charge in [0, 0.05) is 23.7 Å². The Hall–Kier alpha value is -3.76. The van der Waals surface area contributed by atoms with Crippen molar-refractivity contribution in [3.63, 3.8) is 0 Å². The van der Waals surface area contributed by atoms with Crippen molar-refractivity contribution in [2.45, 2.75) is 64.6 Å². The van der Waals surface area contributed by atoms with Gasteiger partial charge in [-0.3, -0.25) is 13.9 Å². The Kier molecular flexibility index (Phi) is 11.5. The number of rotatable bonds is 13. The largest absolute Gasteiger partial charge is 0.493 e. The third-order valence-electron chi connectivity index (χ3n) is 7.18. The molecule has 0 aliphatic heterocycles. The van der Waals surface area contributed by atoms with Gasteiger partial charge in [0.15, 0.2) is 11.5 Å². The lowest BCUT2D eigenvalue weighted by Gasteiger charge is -2.33. The van der Waals surface area contributed by atoms with Crippen molar-refractivity contribution in [1.82, 2.24) is 10.2 Å². The van der Waals surface area contributed by atoms with Gasteiger partial charge in [0.2, 0.25) is 11.8 Å². The Bertz CT molecular complexity index is 1540. The number of anilines is 1. The van der Waals surface area contributed by atoms with E-state index in [4.69, 9.17) is 21.1 Å². The molecule has 0 radical (unpaired) electrons. The molecule has 1 N–H and O–H groups in total. The molecule has 0 spiro atoms. The van der Waals surface area contributed by atoms with Crippen molar-refractivity contribution in [3.05, 3.63) is 82.4 Å². The number of nitrogens with zero attached hydrogens (tertiary/aromatic N) is 2. The molecule has 0 saturated carbocycles. The van der Waals surface area contributed by atoms with E-state index in [1.807, 2.05) is 33.8 Å². The van der Waals surface area contributed by atoms with Gasteiger partial charge >= 0.3 is 0 Å². The number of amides is 2. The molecule has 232 valence electrons. The van der Waals surface area contributed by atoms with Crippen LogP contribution in [0.1, 0.15) is 43.9 Å². The van der Waals surface area contributed by atoms with Gasteiger partial charge < -0.3 is 19.7 Å². The zero-order valence-corrected chi connectivity index (χ0v) is 27.3. The number of aryl methyl sites for hydroxylation is 2. The molecule has 0 fully saturated rings. The van der Waals surface area contributed by atoms with Gasteiger partial charge in [-0.25, -0.2) is 8.42 Å². The van der Waals surface area contributed by atoms with Crippen molar-refractivity contribution >= 4 is 39.1 Å². The zero-order valence-electron chi connectivity index (χ0n) is 25.7. The quantitative estimate of drug-likeness (QED) is 0.268. The molecule has 0 aliphatic rings. The van der Waals surface area contributed by atoms with Crippen LogP contribution in [0.25, 0.3) is 0 Å². The number of carbonyl (C=O) groups is 2. The van der Waals surface area contributed by atoms with Crippen molar-refractivity contribution < 1.29 is 27.5 Å². The highest BCUT2D eigenvalue weighted by atomic mass is 35.5. The smallest absolute Gasteiger partial charge is 0.264 e. The van der Waals surface area contributed by atoms with Crippen LogP contribution >= 0.6 is 11.6 Å². The van der Waals surface area contributed by atoms with Gasteiger partial charge in [-0.15, -0.1) is 0 Å². The highest BCUT2D eigenvalue weighted by Gasteiger charge is 2.33. The van der Waals surface area contributed by atoms with E-state index in [9.17, 15) is 18.0 Å². The molecule has 3 aromatic carbocycles. The predicted molar refractivity (Wildman–Crippen MR) is 169 cm³/mol. The molecule has 0 aliphatic carbocycles. The molecule has 0 aromatic heterocycles. The lowest BCUT2D eigenvalue weighted by molar-refractivity contribution is -0.139. The van der Waals surface area contributed by atoms with Crippen molar-refractivity contribution in [3.8, 4) is 11.5 Å². The fourth-order valence-corrected chi connectivity index (χ4v) is 6.20. The molecule has 2 amide bonds. The summed E-state index contributed by atoms with van der Waals surface area (Å²) >= 11 is 6.44. The normalized spacial score (nSPS) is 12.7. The average Bonchev–Trinajstić information content (AvgIpc) is 2.97. The summed E-state index contributed by atoms with van der Waals surface area (Å²) in [7, 11) is -1.43. The van der Waals surface area contributed by atoms with Crippen LogP contribution in [0.15, 0.2) is 65.6 Å². The second-order valence-corrected chi connectivity index (χ2v) is 12.8. The molecule has 43 heavy (non-hydrogen) atoms. The summed E-state index contributed by atoms with van der Waals surface area (Å²) < 4.78 is 40.2. The Morgan fingerprint density at radius 3 is 2.14 bits per heavy atom. The maximum Gasteiger partial charge on any atom is 0.264 e. The van der Waals surface area contributed by atoms with Crippen LogP contribution in [0, 0.1) is 13.8 Å². The lowest BCUT2D eigenvalue weighted by Crippen LogP contribution is -2.52. The molecule has 0 unspecified atom stereocenters. The molecule has 11 heteroatoms. The summed E-state index contributed by atoms with van der Waals surface area (Å²) in [6, 6.07) is 15.6. The van der Waals surface area contributed by atoms with E-state index >= 15 is 0 Å². The average molecular weight is 630 g/mol. The third-order valence-corrected chi connectivity index (χ3v) is 9.32. The highest BCUT2D eigenvalue weighted by Crippen LogP contribution is 2.33. The van der Waals surface area contributed by atoms with Crippen LogP contribution < -0.4 is 19.1 Å². The first-order valence-corrected chi connectivity index (χ1v) is 15.8. The first-order chi connectivity index (χ1) is 20.3. The van der Waals surface area contributed by atoms with E-state index in [1.54, 1.807) is 43.3 Å². The Morgan fingerprint density at radius 2 is 1.56 bits per heavy atom. The monoisotopic (exact) mass is 629 g/mol. The SMILES string of the molecule is CC[C@H](C)NC(=O)[C@@H](C)N(Cc1ccccc1Cl)C(=O)CN(c1cc(C)cc(C)c1)S(=O)(=O)c1ccc(OC)c(OC)c1. The minimum Gasteiger partial charge on any atom is -0.493 e. The fraction of sp³-hybridized carbons (Fsp3) is 0.375. The van der Waals surface area contributed by atoms with Crippen molar-refractivity contribution in [1.29, 1.82) is 0 Å². The second kappa shape index (κ2) is 14.6. The van der Waals surface area contributed by atoms with Crippen molar-refractivity contribution in [2.75, 3.05) is 25.1 Å². The van der Waals surface area contributed by atoms with Crippen LogP contribution in [0.4, 0.5) is 5.69 Å². The Morgan fingerprint density at radius 1 is 0.930 bits per heavy atom. The minimum atomic E-state index is -4.30. The summed E-state index contributed by atoms with van der Waals surface area (Å²) in [5, 5.41) is 3.35. The summed E-state index contributed by atoms with van der Waals surface area (Å²) in [6.07, 6.45) is 0.709. The summed E-state index contributed by atoms with van der Waals surface area (Å²) in [5.74, 6) is -0.334. The van der Waals surface area contributed by atoms with E-state index < -0.39 is 28.5 Å². The standard InChI is InChI=1S/C32H40ClN3O6S/c1-8-23(4)34-32(38)24(5)35(19-25-11-9-10-12-28(25)33)31(37)20-36(26-16-21(2)15-22(3)17-26)43(39,40)27-13-14-29(41-6)30(18-27)42-7/h9-18,23-24H,8,19-20H2,1-7H3,(H,34,38)/t23-,24+/m0/s1. The Labute approximate surface area is 259 Å². The number of nitrogens with one attached hydrogen (secondary N) is 1. The van der Waals surface area contributed by atoms with Crippen molar-refractivity contribution in [2.24, 2.45) is 0 Å². The topological polar surface area (TPSA) is 105 Å². The molecule has 3 rings (SSSR count). The van der Waals surface area contributed by atoms with Gasteiger partial charge in [-0.1, -0.05) is 42.8 Å². The Balaban J connectivity index is 2.12. The first kappa shape index (κ1) is 33.7. The molecule has 3 aromatic rings. The van der Waals surface area contributed by atoms with Crippen LogP contribution in [0.3, 0.4) is 0 Å². The van der Waals surface area contributed by atoms with Gasteiger partial charge in [0.1, 0.15) is 12.6 Å². The maximum absolute atomic E-state index is 14.2. The number of methoxy groups -OCH3 is 2. The summed E-state index contributed by atoms with van der Waals surface area (Å²) in [6.45, 7) is 8.59. The number of hydrogen-bond donors (Lipinski definition) is 1. The number of benzene rings is 3. The van der Waals surface area contributed by atoms with E-state index in [2.05, 4.69) is 5.32 Å². The third kappa shape index (κ3) is 8.20. The molecule has 2 atom stereocenters. The maximum atomic E-state index is 14.2. The van der Waals surface area contributed by atoms with Crippen LogP contribution in [0.5, 0.6) is 11.5 Å². The molecule has 0 saturated heterocycles. The highest BCUT2D eigenvalue weighted by molar-refractivity contribution is 7.92. The molecular weight excluding hydrogens is 590 g/mol. The number of halogens is 1. The first-order valence-electron chi connectivity index (χ1n) is 14.0. The van der Waals surface area contributed by atoms with Gasteiger partial charge in [-0.2, -0.15) is 0 Å². The van der Waals surface area contributed by atoms with E-state index in [0.29, 0.717) is 28.4 Å². The van der Waals surface area contributed by atoms with Gasteiger partial charge in [0.05, 0.1) is 24.8 Å². The number of sulfonamides is 1. The minimum absolute atomic E-state index is 0.00465. The second-order valence-electron chi connectivity index (χ2n) is 10.5. The number of hydrogen-bond acceptors (Lipinski definition) is 6. The summed E-state index contributed by atoms with van der Waals surface area (Å²) in [4.78, 5) is 28.7. The van der Waals surface area contributed by atoms with Crippen LogP contribution in [-0.2, 0) is 26.2 Å². The van der Waals surface area contributed by atoms with Crippen LogP contribution in [-0.4, -0.2) is 58.0 Å². The van der Waals surface area contributed by atoms with Gasteiger partial charge in [-0.05, 0) is 81.1 Å². The molecular formula is C32H40ClN3O6S.